The number of carboxylic acids is 1. The number of nitrogens with two attached hydrogens (primary N) is 1. The van der Waals surface area contributed by atoms with Crippen LogP contribution in [0.4, 0.5) is 0 Å². The summed E-state index contributed by atoms with van der Waals surface area (Å²) in [5, 5.41) is 19.6. The van der Waals surface area contributed by atoms with Crippen molar-refractivity contribution in [3.05, 3.63) is 0 Å². The van der Waals surface area contributed by atoms with E-state index in [4.69, 9.17) is 5.11 Å². The van der Waals surface area contributed by atoms with Crippen molar-refractivity contribution in [2.75, 3.05) is 7.05 Å². The SMILES string of the molecule is C[NH2+]C(O)C1CC(CC(=O)O)C1. The molecule has 0 saturated heterocycles. The fourth-order valence-corrected chi connectivity index (χ4v) is 1.75. The van der Waals surface area contributed by atoms with E-state index in [2.05, 4.69) is 0 Å². The number of rotatable bonds is 4. The molecule has 1 saturated carbocycles. The van der Waals surface area contributed by atoms with Crippen LogP contribution in [0.5, 0.6) is 0 Å². The minimum absolute atomic E-state index is 0.257. The molecule has 1 aliphatic carbocycles. The summed E-state index contributed by atoms with van der Waals surface area (Å²) in [4.78, 5) is 10.3. The lowest BCUT2D eigenvalue weighted by atomic mass is 9.72. The van der Waals surface area contributed by atoms with E-state index in [9.17, 15) is 9.90 Å². The van der Waals surface area contributed by atoms with E-state index >= 15 is 0 Å². The Hall–Kier alpha value is -0.610. The van der Waals surface area contributed by atoms with Crippen LogP contribution in [0, 0.1) is 11.8 Å². The average molecular weight is 174 g/mol. The molecule has 0 aromatic heterocycles. The standard InChI is InChI=1S/C8H15NO3/c1-9-8(12)6-2-5(3-6)4-7(10)11/h5-6,8-9,12H,2-4H2,1H3,(H,10,11)/p+1. The summed E-state index contributed by atoms with van der Waals surface area (Å²) >= 11 is 0. The molecule has 0 aromatic carbocycles. The van der Waals surface area contributed by atoms with Crippen LogP contribution in [-0.2, 0) is 4.79 Å². The Morgan fingerprint density at radius 3 is 2.67 bits per heavy atom. The normalized spacial score (nSPS) is 30.8. The molecule has 0 aliphatic heterocycles. The summed E-state index contributed by atoms with van der Waals surface area (Å²) in [7, 11) is 1.83. The van der Waals surface area contributed by atoms with Gasteiger partial charge in [-0.15, -0.1) is 0 Å². The molecule has 0 amide bonds. The molecule has 1 atom stereocenters. The second-order valence-electron chi connectivity index (χ2n) is 3.52. The van der Waals surface area contributed by atoms with Gasteiger partial charge in [0.2, 0.25) is 0 Å². The van der Waals surface area contributed by atoms with E-state index in [1.54, 1.807) is 5.32 Å². The van der Waals surface area contributed by atoms with Crippen molar-refractivity contribution in [2.24, 2.45) is 11.8 Å². The first-order valence-corrected chi connectivity index (χ1v) is 4.32. The van der Waals surface area contributed by atoms with E-state index < -0.39 is 5.97 Å². The van der Waals surface area contributed by atoms with Crippen molar-refractivity contribution in [3.8, 4) is 0 Å². The molecule has 0 radical (unpaired) electrons. The molecule has 4 heteroatoms. The maximum absolute atomic E-state index is 10.3. The van der Waals surface area contributed by atoms with E-state index in [-0.39, 0.29) is 12.6 Å². The highest BCUT2D eigenvalue weighted by molar-refractivity contribution is 5.67. The summed E-state index contributed by atoms with van der Waals surface area (Å²) in [6, 6.07) is 0. The van der Waals surface area contributed by atoms with Gasteiger partial charge < -0.3 is 15.5 Å². The molecule has 0 bridgehead atoms. The quantitative estimate of drug-likeness (QED) is 0.478. The largest absolute Gasteiger partial charge is 0.481 e. The maximum Gasteiger partial charge on any atom is 0.303 e. The summed E-state index contributed by atoms with van der Waals surface area (Å²) in [5.41, 5.74) is 0. The lowest BCUT2D eigenvalue weighted by Gasteiger charge is -2.35. The van der Waals surface area contributed by atoms with Gasteiger partial charge in [-0.25, -0.2) is 0 Å². The lowest BCUT2D eigenvalue weighted by Crippen LogP contribution is -2.88. The maximum atomic E-state index is 10.3. The summed E-state index contributed by atoms with van der Waals surface area (Å²) < 4.78 is 0. The molecule has 0 spiro atoms. The van der Waals surface area contributed by atoms with E-state index in [0.717, 1.165) is 12.8 Å². The van der Waals surface area contributed by atoms with Crippen LogP contribution in [0.3, 0.4) is 0 Å². The molecular weight excluding hydrogens is 158 g/mol. The predicted molar refractivity (Wildman–Crippen MR) is 42.3 cm³/mol. The van der Waals surface area contributed by atoms with E-state index in [1.165, 1.54) is 0 Å². The second-order valence-corrected chi connectivity index (χ2v) is 3.52. The first-order valence-electron chi connectivity index (χ1n) is 4.32. The number of hydrogen-bond donors (Lipinski definition) is 3. The number of aliphatic hydroxyl groups is 1. The van der Waals surface area contributed by atoms with E-state index in [1.807, 2.05) is 7.05 Å². The highest BCUT2D eigenvalue weighted by atomic mass is 16.4. The summed E-state index contributed by atoms with van der Waals surface area (Å²) in [6.07, 6.45) is 1.64. The lowest BCUT2D eigenvalue weighted by molar-refractivity contribution is -0.711. The van der Waals surface area contributed by atoms with Gasteiger partial charge in [0.05, 0.1) is 7.05 Å². The van der Waals surface area contributed by atoms with Gasteiger partial charge in [0.1, 0.15) is 0 Å². The van der Waals surface area contributed by atoms with Crippen molar-refractivity contribution in [1.29, 1.82) is 0 Å². The Bertz CT molecular complexity index is 166. The number of aliphatic carboxylic acids is 1. The van der Waals surface area contributed by atoms with Gasteiger partial charge in [-0.1, -0.05) is 0 Å². The fraction of sp³-hybridized carbons (Fsp3) is 0.875. The molecule has 4 N–H and O–H groups in total. The number of carboxylic acid groups (broad SMARTS) is 1. The van der Waals surface area contributed by atoms with Crippen LogP contribution in [0.15, 0.2) is 0 Å². The van der Waals surface area contributed by atoms with Gasteiger partial charge in [-0.2, -0.15) is 0 Å². The van der Waals surface area contributed by atoms with Crippen molar-refractivity contribution < 1.29 is 20.3 Å². The Labute approximate surface area is 71.6 Å². The van der Waals surface area contributed by atoms with Gasteiger partial charge >= 0.3 is 5.97 Å². The van der Waals surface area contributed by atoms with Crippen molar-refractivity contribution in [1.82, 2.24) is 0 Å². The Morgan fingerprint density at radius 2 is 2.25 bits per heavy atom. The Morgan fingerprint density at radius 1 is 1.67 bits per heavy atom. The highest BCUT2D eigenvalue weighted by Gasteiger charge is 2.36. The molecular formula is C8H16NO3+. The first-order chi connectivity index (χ1) is 5.63. The molecule has 0 aromatic rings. The van der Waals surface area contributed by atoms with Crippen molar-refractivity contribution in [3.63, 3.8) is 0 Å². The van der Waals surface area contributed by atoms with Crippen LogP contribution in [0.1, 0.15) is 19.3 Å². The summed E-state index contributed by atoms with van der Waals surface area (Å²) in [6.45, 7) is 0. The zero-order valence-corrected chi connectivity index (χ0v) is 7.23. The number of quaternary nitrogens is 1. The van der Waals surface area contributed by atoms with Gasteiger partial charge in [0.25, 0.3) is 0 Å². The average Bonchev–Trinajstić information content (AvgIpc) is 1.94. The van der Waals surface area contributed by atoms with Crippen LogP contribution in [-0.4, -0.2) is 29.5 Å². The van der Waals surface area contributed by atoms with E-state index in [0.29, 0.717) is 11.8 Å². The molecule has 4 nitrogen and oxygen atoms in total. The predicted octanol–water partition coefficient (Wildman–Crippen LogP) is -1.00. The molecule has 1 unspecified atom stereocenters. The van der Waals surface area contributed by atoms with Crippen LogP contribution < -0.4 is 5.32 Å². The molecule has 1 rings (SSSR count). The molecule has 0 heterocycles. The van der Waals surface area contributed by atoms with Crippen molar-refractivity contribution in [2.45, 2.75) is 25.5 Å². The third kappa shape index (κ3) is 2.19. The third-order valence-electron chi connectivity index (χ3n) is 2.56. The molecule has 12 heavy (non-hydrogen) atoms. The fourth-order valence-electron chi connectivity index (χ4n) is 1.75. The van der Waals surface area contributed by atoms with Crippen LogP contribution in [0.25, 0.3) is 0 Å². The van der Waals surface area contributed by atoms with Gasteiger partial charge in [-0.05, 0) is 18.8 Å². The minimum atomic E-state index is -0.728. The molecule has 70 valence electrons. The zero-order valence-electron chi connectivity index (χ0n) is 7.23. The highest BCUT2D eigenvalue weighted by Crippen LogP contribution is 2.36. The van der Waals surface area contributed by atoms with Gasteiger partial charge in [-0.3, -0.25) is 4.79 Å². The van der Waals surface area contributed by atoms with Crippen LogP contribution >= 0.6 is 0 Å². The third-order valence-corrected chi connectivity index (χ3v) is 2.56. The first kappa shape index (κ1) is 9.48. The molecule has 1 aliphatic rings. The topological polar surface area (TPSA) is 74.1 Å². The Kier molecular flexibility index (Phi) is 3.05. The van der Waals surface area contributed by atoms with Gasteiger partial charge in [0.15, 0.2) is 6.23 Å². The molecule has 1 fully saturated rings. The summed E-state index contributed by atoms with van der Waals surface area (Å²) in [5.74, 6) is -0.130. The minimum Gasteiger partial charge on any atom is -0.481 e. The van der Waals surface area contributed by atoms with Crippen LogP contribution in [0.2, 0.25) is 0 Å². The number of hydrogen-bond acceptors (Lipinski definition) is 2. The zero-order chi connectivity index (χ0) is 9.14. The van der Waals surface area contributed by atoms with Gasteiger partial charge in [0, 0.05) is 12.3 Å². The van der Waals surface area contributed by atoms with Crippen molar-refractivity contribution >= 4 is 5.97 Å². The monoisotopic (exact) mass is 174 g/mol. The number of carbonyl (C=O) groups is 1. The smallest absolute Gasteiger partial charge is 0.303 e. The second kappa shape index (κ2) is 3.87. The number of aliphatic hydroxyl groups excluding tert-OH is 1. The Balaban J connectivity index is 2.15.